The molecule has 2 rings (SSSR count). The number of nitrogens with zero attached hydrogens (tertiary/aromatic N) is 2. The molecule has 1 N–H and O–H groups in total. The molecule has 0 amide bonds. The Bertz CT molecular complexity index is 1230. The molecule has 208 valence electrons. The summed E-state index contributed by atoms with van der Waals surface area (Å²) in [5, 5.41) is 6.56. The second-order valence-corrected chi connectivity index (χ2v) is 17.4. The SMILES string of the molecule is CCCOS(=O)(=O)c1ccc(C)cc1C[C@H](C)Nc1cnn(COCC[Si](C)(C)C)c(=O)c1C(F)(F)F. The van der Waals surface area contributed by atoms with Crippen LogP contribution in [0, 0.1) is 6.92 Å². The Kier molecular flexibility index (Phi) is 10.5. The number of halogens is 3. The van der Waals surface area contributed by atoms with Crippen LogP contribution < -0.4 is 10.9 Å². The summed E-state index contributed by atoms with van der Waals surface area (Å²) in [5.74, 6) is 0. The molecule has 1 atom stereocenters. The predicted octanol–water partition coefficient (Wildman–Crippen LogP) is 5.04. The Labute approximate surface area is 217 Å². The summed E-state index contributed by atoms with van der Waals surface area (Å²) in [6, 6.07) is 4.83. The molecular weight excluding hydrogens is 527 g/mol. The zero-order valence-electron chi connectivity index (χ0n) is 22.1. The van der Waals surface area contributed by atoms with E-state index < -0.39 is 47.2 Å². The number of hydrogen-bond acceptors (Lipinski definition) is 7. The number of alkyl halides is 3. The van der Waals surface area contributed by atoms with Crippen LogP contribution in [0.3, 0.4) is 0 Å². The van der Waals surface area contributed by atoms with Crippen LogP contribution in [0.25, 0.3) is 0 Å². The molecule has 0 unspecified atom stereocenters. The van der Waals surface area contributed by atoms with Crippen molar-refractivity contribution in [3.63, 3.8) is 0 Å². The molecule has 37 heavy (non-hydrogen) atoms. The summed E-state index contributed by atoms with van der Waals surface area (Å²) in [4.78, 5) is 12.6. The van der Waals surface area contributed by atoms with E-state index in [0.29, 0.717) is 23.3 Å². The Morgan fingerprint density at radius 3 is 2.46 bits per heavy atom. The smallest absolute Gasteiger partial charge is 0.380 e. The largest absolute Gasteiger partial charge is 0.423 e. The second-order valence-electron chi connectivity index (χ2n) is 10.2. The minimum absolute atomic E-state index is 0.0161. The standard InChI is InChI=1S/C24H36F3N3O5SSi/c1-7-10-35-36(32,33)21-9-8-17(2)13-19(21)14-18(3)29-20-15-28-30(16-34-11-12-37(4,5)6)23(31)22(20)24(25,26)27/h8-9,13,15,18,29H,7,10-12,14,16H2,1-6H3/t18-/m0/s1. The number of hydrogen-bond donors (Lipinski definition) is 1. The molecular formula is C24H36F3N3O5SSi. The third-order valence-electron chi connectivity index (χ3n) is 5.39. The molecule has 0 radical (unpaired) electrons. The molecule has 1 heterocycles. The first kappa shape index (κ1) is 31.0. The van der Waals surface area contributed by atoms with Gasteiger partial charge in [-0.25, -0.2) is 4.68 Å². The molecule has 0 saturated carbocycles. The molecule has 0 bridgehead atoms. The van der Waals surface area contributed by atoms with Crippen LogP contribution in [0.2, 0.25) is 25.7 Å². The number of rotatable bonds is 13. The van der Waals surface area contributed by atoms with Crippen molar-refractivity contribution in [3.05, 3.63) is 51.4 Å². The van der Waals surface area contributed by atoms with Crippen molar-refractivity contribution in [2.75, 3.05) is 18.5 Å². The molecule has 1 aromatic carbocycles. The number of aromatic nitrogens is 2. The lowest BCUT2D eigenvalue weighted by atomic mass is 10.0. The monoisotopic (exact) mass is 563 g/mol. The zero-order valence-corrected chi connectivity index (χ0v) is 23.9. The van der Waals surface area contributed by atoms with E-state index in [1.165, 1.54) is 6.07 Å². The highest BCUT2D eigenvalue weighted by molar-refractivity contribution is 7.86. The van der Waals surface area contributed by atoms with Crippen LogP contribution in [0.5, 0.6) is 0 Å². The number of anilines is 1. The molecule has 0 aliphatic heterocycles. The Morgan fingerprint density at radius 2 is 1.86 bits per heavy atom. The van der Waals surface area contributed by atoms with E-state index >= 15 is 0 Å². The summed E-state index contributed by atoms with van der Waals surface area (Å²) in [5.41, 5.74) is -2.01. The molecule has 0 saturated heterocycles. The number of aryl methyl sites for hydroxylation is 1. The lowest BCUT2D eigenvalue weighted by Gasteiger charge is -2.21. The lowest BCUT2D eigenvalue weighted by molar-refractivity contribution is -0.138. The normalized spacial score (nSPS) is 13.5. The highest BCUT2D eigenvalue weighted by atomic mass is 32.2. The van der Waals surface area contributed by atoms with Crippen molar-refractivity contribution >= 4 is 23.9 Å². The van der Waals surface area contributed by atoms with Gasteiger partial charge in [0.15, 0.2) is 0 Å². The first-order valence-corrected chi connectivity index (χ1v) is 17.2. The number of benzene rings is 1. The molecule has 0 spiro atoms. The average molecular weight is 564 g/mol. The maximum absolute atomic E-state index is 13.9. The topological polar surface area (TPSA) is 99.5 Å². The van der Waals surface area contributed by atoms with Crippen molar-refractivity contribution in [1.29, 1.82) is 0 Å². The van der Waals surface area contributed by atoms with E-state index in [-0.39, 0.29) is 24.7 Å². The van der Waals surface area contributed by atoms with E-state index in [2.05, 4.69) is 30.1 Å². The van der Waals surface area contributed by atoms with Gasteiger partial charge in [-0.2, -0.15) is 26.7 Å². The van der Waals surface area contributed by atoms with Crippen molar-refractivity contribution in [2.45, 2.75) is 83.1 Å². The molecule has 0 fully saturated rings. The van der Waals surface area contributed by atoms with Crippen LogP contribution in [0.1, 0.15) is 37.0 Å². The van der Waals surface area contributed by atoms with Gasteiger partial charge in [0.25, 0.3) is 15.7 Å². The first-order chi connectivity index (χ1) is 17.0. The summed E-state index contributed by atoms with van der Waals surface area (Å²) in [6.45, 7) is 11.5. The van der Waals surface area contributed by atoms with E-state index in [4.69, 9.17) is 8.92 Å². The summed E-state index contributed by atoms with van der Waals surface area (Å²) in [6.07, 6.45) is -3.43. The van der Waals surface area contributed by atoms with Crippen molar-refractivity contribution in [2.24, 2.45) is 0 Å². The van der Waals surface area contributed by atoms with Gasteiger partial charge >= 0.3 is 6.18 Å². The van der Waals surface area contributed by atoms with Gasteiger partial charge < -0.3 is 10.1 Å². The minimum atomic E-state index is -4.94. The van der Waals surface area contributed by atoms with Gasteiger partial charge in [0.2, 0.25) is 0 Å². The molecule has 8 nitrogen and oxygen atoms in total. The third kappa shape index (κ3) is 9.23. The fourth-order valence-corrected chi connectivity index (χ4v) is 5.48. The first-order valence-electron chi connectivity index (χ1n) is 12.1. The van der Waals surface area contributed by atoms with E-state index in [1.54, 1.807) is 32.9 Å². The Hall–Kier alpha value is -2.22. The molecule has 2 aromatic rings. The van der Waals surface area contributed by atoms with Gasteiger partial charge in [-0.3, -0.25) is 8.98 Å². The quantitative estimate of drug-likeness (QED) is 0.207. The summed E-state index contributed by atoms with van der Waals surface area (Å²) in [7, 11) is -5.44. The highest BCUT2D eigenvalue weighted by Crippen LogP contribution is 2.32. The van der Waals surface area contributed by atoms with Crippen LogP contribution in [0.4, 0.5) is 18.9 Å². The fraction of sp³-hybridized carbons (Fsp3) is 0.583. The van der Waals surface area contributed by atoms with E-state index in [9.17, 15) is 26.4 Å². The van der Waals surface area contributed by atoms with E-state index in [1.807, 2.05) is 0 Å². The molecule has 13 heteroatoms. The van der Waals surface area contributed by atoms with Gasteiger partial charge in [0, 0.05) is 20.7 Å². The lowest BCUT2D eigenvalue weighted by Crippen LogP contribution is -2.34. The van der Waals surface area contributed by atoms with Gasteiger partial charge in [0.1, 0.15) is 12.3 Å². The molecule has 0 aliphatic carbocycles. The predicted molar refractivity (Wildman–Crippen MR) is 139 cm³/mol. The van der Waals surface area contributed by atoms with Crippen molar-refractivity contribution in [3.8, 4) is 0 Å². The zero-order chi connectivity index (χ0) is 28.0. The van der Waals surface area contributed by atoms with Crippen LogP contribution in [-0.2, 0) is 38.4 Å². The van der Waals surface area contributed by atoms with Gasteiger partial charge in [-0.15, -0.1) is 0 Å². The van der Waals surface area contributed by atoms with Crippen molar-refractivity contribution in [1.82, 2.24) is 9.78 Å². The van der Waals surface area contributed by atoms with Crippen molar-refractivity contribution < 1.29 is 30.5 Å². The molecule has 0 aliphatic rings. The maximum Gasteiger partial charge on any atom is 0.423 e. The van der Waals surface area contributed by atoms with Gasteiger partial charge in [-0.1, -0.05) is 44.3 Å². The summed E-state index contributed by atoms with van der Waals surface area (Å²) >= 11 is 0. The summed E-state index contributed by atoms with van der Waals surface area (Å²) < 4.78 is 78.0. The average Bonchev–Trinajstić information content (AvgIpc) is 2.74. The second kappa shape index (κ2) is 12.5. The number of nitrogens with one attached hydrogen (secondary N) is 1. The minimum Gasteiger partial charge on any atom is -0.380 e. The van der Waals surface area contributed by atoms with Gasteiger partial charge in [0.05, 0.1) is 23.4 Å². The van der Waals surface area contributed by atoms with E-state index in [0.717, 1.165) is 17.8 Å². The Balaban J connectivity index is 2.29. The fourth-order valence-electron chi connectivity index (χ4n) is 3.51. The molecule has 1 aromatic heterocycles. The van der Waals surface area contributed by atoms with Crippen LogP contribution >= 0.6 is 0 Å². The third-order valence-corrected chi connectivity index (χ3v) is 8.51. The Morgan fingerprint density at radius 1 is 1.19 bits per heavy atom. The highest BCUT2D eigenvalue weighted by Gasteiger charge is 2.38. The van der Waals surface area contributed by atoms with Gasteiger partial charge in [-0.05, 0) is 44.4 Å². The van der Waals surface area contributed by atoms with Crippen LogP contribution in [-0.4, -0.2) is 45.5 Å². The van der Waals surface area contributed by atoms with Crippen LogP contribution in [0.15, 0.2) is 34.1 Å². The number of ether oxygens (including phenoxy) is 1. The maximum atomic E-state index is 13.9.